The molecule has 0 saturated carbocycles. The van der Waals surface area contributed by atoms with E-state index in [-0.39, 0.29) is 17.5 Å². The maximum absolute atomic E-state index is 12.9. The molecule has 132 valence electrons. The summed E-state index contributed by atoms with van der Waals surface area (Å²) in [6, 6.07) is 13.3. The molecule has 1 aromatic carbocycles. The van der Waals surface area contributed by atoms with E-state index in [0.29, 0.717) is 18.8 Å². The van der Waals surface area contributed by atoms with Crippen LogP contribution in [-0.4, -0.2) is 46.9 Å². The Kier molecular flexibility index (Phi) is 5.60. The highest BCUT2D eigenvalue weighted by Crippen LogP contribution is 2.22. The van der Waals surface area contributed by atoms with Gasteiger partial charge in [0.15, 0.2) is 0 Å². The molecular formula is C19H23N3O3. The van der Waals surface area contributed by atoms with Gasteiger partial charge < -0.3 is 9.64 Å². The van der Waals surface area contributed by atoms with E-state index in [0.717, 1.165) is 25.8 Å². The molecule has 0 N–H and O–H groups in total. The number of carbonyl (C=O) groups excluding carboxylic acids is 1. The second kappa shape index (κ2) is 8.07. The van der Waals surface area contributed by atoms with Crippen LogP contribution >= 0.6 is 0 Å². The maximum Gasteiger partial charge on any atom is 0.274 e. The number of benzene rings is 1. The smallest absolute Gasteiger partial charge is 0.274 e. The first kappa shape index (κ1) is 17.4. The van der Waals surface area contributed by atoms with Crippen LogP contribution in [0.1, 0.15) is 28.9 Å². The summed E-state index contributed by atoms with van der Waals surface area (Å²) >= 11 is 0. The lowest BCUT2D eigenvalue weighted by molar-refractivity contribution is 0.0726. The van der Waals surface area contributed by atoms with Crippen molar-refractivity contribution in [2.24, 2.45) is 0 Å². The summed E-state index contributed by atoms with van der Waals surface area (Å²) in [6.07, 6.45) is 2.83. The number of nitrogens with zero attached hydrogens (tertiary/aromatic N) is 3. The van der Waals surface area contributed by atoms with Crippen LogP contribution < -0.4 is 5.56 Å². The van der Waals surface area contributed by atoms with Crippen LogP contribution in [0.5, 0.6) is 0 Å². The fourth-order valence-corrected chi connectivity index (χ4v) is 3.25. The predicted molar refractivity (Wildman–Crippen MR) is 94.6 cm³/mol. The van der Waals surface area contributed by atoms with Gasteiger partial charge in [-0.05, 0) is 30.9 Å². The van der Waals surface area contributed by atoms with Crippen molar-refractivity contribution in [1.82, 2.24) is 14.7 Å². The third-order valence-corrected chi connectivity index (χ3v) is 4.55. The second-order valence-electron chi connectivity index (χ2n) is 6.26. The van der Waals surface area contributed by atoms with E-state index in [1.807, 2.05) is 23.1 Å². The predicted octanol–water partition coefficient (Wildman–Crippen LogP) is 1.74. The average molecular weight is 341 g/mol. The average Bonchev–Trinajstić information content (AvgIpc) is 3.09. The van der Waals surface area contributed by atoms with Crippen LogP contribution in [0.15, 0.2) is 47.3 Å². The van der Waals surface area contributed by atoms with Crippen LogP contribution in [0.3, 0.4) is 0 Å². The lowest BCUT2D eigenvalue weighted by Gasteiger charge is -2.24. The van der Waals surface area contributed by atoms with Crippen molar-refractivity contribution in [2.75, 3.05) is 20.3 Å². The zero-order valence-corrected chi connectivity index (χ0v) is 14.4. The standard InChI is InChI=1S/C19H23N3O3/c1-25-13-12-22-18(23)10-9-17(20-22)19(24)21-11-5-8-16(21)14-15-6-3-2-4-7-15/h2-4,6-7,9-10,16H,5,8,11-14H2,1H3/t16-/m1/s1. The molecule has 1 aliphatic heterocycles. The van der Waals surface area contributed by atoms with Gasteiger partial charge in [-0.25, -0.2) is 4.68 Å². The van der Waals surface area contributed by atoms with E-state index in [2.05, 4.69) is 17.2 Å². The number of aromatic nitrogens is 2. The number of amides is 1. The minimum atomic E-state index is -0.226. The van der Waals surface area contributed by atoms with Crippen LogP contribution in [0, 0.1) is 0 Å². The van der Waals surface area contributed by atoms with Gasteiger partial charge in [0.05, 0.1) is 13.2 Å². The maximum atomic E-state index is 12.9. The van der Waals surface area contributed by atoms with Gasteiger partial charge in [-0.1, -0.05) is 30.3 Å². The van der Waals surface area contributed by atoms with Gasteiger partial charge in [0.1, 0.15) is 5.69 Å². The zero-order chi connectivity index (χ0) is 17.6. The first-order chi connectivity index (χ1) is 12.2. The van der Waals surface area contributed by atoms with Gasteiger partial charge >= 0.3 is 0 Å². The normalized spacial score (nSPS) is 17.0. The molecule has 1 aliphatic rings. The molecule has 3 rings (SSSR count). The van der Waals surface area contributed by atoms with Crippen LogP contribution in [0.4, 0.5) is 0 Å². The first-order valence-corrected chi connectivity index (χ1v) is 8.61. The summed E-state index contributed by atoms with van der Waals surface area (Å²) < 4.78 is 6.28. The van der Waals surface area contributed by atoms with Crippen LogP contribution in [0.2, 0.25) is 0 Å². The Labute approximate surface area is 147 Å². The van der Waals surface area contributed by atoms with Gasteiger partial charge in [0.2, 0.25) is 0 Å². The topological polar surface area (TPSA) is 64.4 Å². The fraction of sp³-hybridized carbons (Fsp3) is 0.421. The Morgan fingerprint density at radius 1 is 1.24 bits per heavy atom. The summed E-state index contributed by atoms with van der Waals surface area (Å²) in [7, 11) is 1.57. The number of hydrogen-bond acceptors (Lipinski definition) is 4. The summed E-state index contributed by atoms with van der Waals surface area (Å²) in [4.78, 5) is 26.6. The molecule has 1 amide bonds. The number of hydrogen-bond donors (Lipinski definition) is 0. The molecule has 1 atom stereocenters. The molecule has 0 aliphatic carbocycles. The van der Waals surface area contributed by atoms with E-state index >= 15 is 0 Å². The van der Waals surface area contributed by atoms with Crippen molar-refractivity contribution in [3.63, 3.8) is 0 Å². The van der Waals surface area contributed by atoms with E-state index in [1.54, 1.807) is 7.11 Å². The molecule has 0 unspecified atom stereocenters. The summed E-state index contributed by atoms with van der Waals surface area (Å²) in [6.45, 7) is 1.45. The highest BCUT2D eigenvalue weighted by molar-refractivity contribution is 5.92. The van der Waals surface area contributed by atoms with Crippen molar-refractivity contribution >= 4 is 5.91 Å². The van der Waals surface area contributed by atoms with Crippen molar-refractivity contribution in [1.29, 1.82) is 0 Å². The van der Waals surface area contributed by atoms with Gasteiger partial charge in [-0.15, -0.1) is 0 Å². The first-order valence-electron chi connectivity index (χ1n) is 8.61. The second-order valence-corrected chi connectivity index (χ2v) is 6.26. The largest absolute Gasteiger partial charge is 0.383 e. The van der Waals surface area contributed by atoms with Gasteiger partial charge in [0.25, 0.3) is 11.5 Å². The Morgan fingerprint density at radius 3 is 2.80 bits per heavy atom. The van der Waals surface area contributed by atoms with Gasteiger partial charge in [0, 0.05) is 25.8 Å². The van der Waals surface area contributed by atoms with Gasteiger partial charge in [-0.2, -0.15) is 5.10 Å². The third-order valence-electron chi connectivity index (χ3n) is 4.55. The van der Waals surface area contributed by atoms with E-state index in [9.17, 15) is 9.59 Å². The number of ether oxygens (including phenoxy) is 1. The van der Waals surface area contributed by atoms with Gasteiger partial charge in [-0.3, -0.25) is 9.59 Å². The third kappa shape index (κ3) is 4.14. The molecule has 1 aromatic heterocycles. The monoisotopic (exact) mass is 341 g/mol. The van der Waals surface area contributed by atoms with Crippen molar-refractivity contribution < 1.29 is 9.53 Å². The minimum absolute atomic E-state index is 0.107. The SMILES string of the molecule is COCCn1nc(C(=O)N2CCC[C@@H]2Cc2ccccc2)ccc1=O. The quantitative estimate of drug-likeness (QED) is 0.803. The van der Waals surface area contributed by atoms with Crippen LogP contribution in [-0.2, 0) is 17.7 Å². The van der Waals surface area contributed by atoms with E-state index < -0.39 is 0 Å². The molecule has 6 nitrogen and oxygen atoms in total. The molecule has 1 saturated heterocycles. The zero-order valence-electron chi connectivity index (χ0n) is 14.4. The molecule has 0 bridgehead atoms. The van der Waals surface area contributed by atoms with Crippen LogP contribution in [0.25, 0.3) is 0 Å². The molecule has 2 heterocycles. The molecule has 0 spiro atoms. The van der Waals surface area contributed by atoms with E-state index in [1.165, 1.54) is 22.4 Å². The van der Waals surface area contributed by atoms with Crippen molar-refractivity contribution in [3.8, 4) is 0 Å². The Morgan fingerprint density at radius 2 is 2.04 bits per heavy atom. The molecule has 1 fully saturated rings. The minimum Gasteiger partial charge on any atom is -0.383 e. The lowest BCUT2D eigenvalue weighted by atomic mass is 10.0. The lowest BCUT2D eigenvalue weighted by Crippen LogP contribution is -2.38. The fourth-order valence-electron chi connectivity index (χ4n) is 3.25. The van der Waals surface area contributed by atoms with Crippen molar-refractivity contribution in [3.05, 3.63) is 64.1 Å². The Bertz CT molecular complexity index is 773. The summed E-state index contributed by atoms with van der Waals surface area (Å²) in [5.74, 6) is -0.107. The summed E-state index contributed by atoms with van der Waals surface area (Å²) in [5.41, 5.74) is 1.32. The highest BCUT2D eigenvalue weighted by atomic mass is 16.5. The number of rotatable bonds is 6. The summed E-state index contributed by atoms with van der Waals surface area (Å²) in [5, 5.41) is 4.23. The molecule has 0 radical (unpaired) electrons. The number of methoxy groups -OCH3 is 1. The van der Waals surface area contributed by atoms with E-state index in [4.69, 9.17) is 4.74 Å². The molecule has 6 heteroatoms. The Balaban J connectivity index is 1.76. The Hall–Kier alpha value is -2.47. The number of likely N-dealkylation sites (tertiary alicyclic amines) is 1. The van der Waals surface area contributed by atoms with Crippen molar-refractivity contribution in [2.45, 2.75) is 31.8 Å². The molecule has 25 heavy (non-hydrogen) atoms. The molecular weight excluding hydrogens is 318 g/mol. The highest BCUT2D eigenvalue weighted by Gasteiger charge is 2.30. The molecule has 2 aromatic rings. The number of carbonyl (C=O) groups is 1.